The smallest absolute Gasteiger partial charge is 0.341 e. The molecule has 1 aromatic carbocycles. The normalized spacial score (nSPS) is 9.82. The van der Waals surface area contributed by atoms with Gasteiger partial charge in [-0.25, -0.2) is 4.79 Å². The molecule has 0 fully saturated rings. The van der Waals surface area contributed by atoms with Gasteiger partial charge in [0.15, 0.2) is 0 Å². The lowest BCUT2D eigenvalue weighted by molar-refractivity contribution is 0.0597. The van der Waals surface area contributed by atoms with Gasteiger partial charge in [-0.15, -0.1) is 0 Å². The van der Waals surface area contributed by atoms with Crippen LogP contribution >= 0.6 is 0 Å². The summed E-state index contributed by atoms with van der Waals surface area (Å²) in [5, 5.41) is 3.27. The Hall–Kier alpha value is -1.71. The molecule has 0 atom stereocenters. The van der Waals surface area contributed by atoms with Crippen molar-refractivity contribution in [1.29, 1.82) is 0 Å². The highest BCUT2D eigenvalue weighted by Crippen LogP contribution is 2.23. The number of methoxy groups -OCH3 is 2. The lowest BCUT2D eigenvalue weighted by atomic mass is 10.1. The summed E-state index contributed by atoms with van der Waals surface area (Å²) in [4.78, 5) is 11.4. The average Bonchev–Trinajstić information content (AvgIpc) is 2.38. The number of rotatable bonds is 6. The minimum atomic E-state index is -0.387. The summed E-state index contributed by atoms with van der Waals surface area (Å²) in [6, 6.07) is 5.37. The van der Waals surface area contributed by atoms with Crippen molar-refractivity contribution in [2.45, 2.75) is 19.8 Å². The number of esters is 1. The number of hydrogen-bond acceptors (Lipinski definition) is 4. The van der Waals surface area contributed by atoms with Crippen LogP contribution in [-0.4, -0.2) is 26.7 Å². The van der Waals surface area contributed by atoms with Gasteiger partial charge in [-0.1, -0.05) is 13.3 Å². The predicted molar refractivity (Wildman–Crippen MR) is 67.7 cm³/mol. The van der Waals surface area contributed by atoms with Gasteiger partial charge < -0.3 is 14.8 Å². The van der Waals surface area contributed by atoms with Crippen LogP contribution in [0, 0.1) is 0 Å². The monoisotopic (exact) mass is 237 g/mol. The molecule has 0 radical (unpaired) electrons. The van der Waals surface area contributed by atoms with Gasteiger partial charge in [-0.2, -0.15) is 0 Å². The Bertz CT molecular complexity index is 377. The van der Waals surface area contributed by atoms with E-state index < -0.39 is 0 Å². The molecule has 1 N–H and O–H groups in total. The molecule has 0 saturated carbocycles. The maximum atomic E-state index is 11.4. The Kier molecular flexibility index (Phi) is 5.33. The maximum Gasteiger partial charge on any atom is 0.341 e. The highest BCUT2D eigenvalue weighted by molar-refractivity contribution is 5.93. The standard InChI is InChI=1S/C13H19NO3/c1-4-5-8-14-10-6-7-11(13(15)17-3)12(9-10)16-2/h6-7,9,14H,4-5,8H2,1-3H3. The fraction of sp³-hybridized carbons (Fsp3) is 0.462. The number of anilines is 1. The maximum absolute atomic E-state index is 11.4. The molecule has 0 aliphatic rings. The number of carbonyl (C=O) groups is 1. The number of hydrogen-bond donors (Lipinski definition) is 1. The van der Waals surface area contributed by atoms with Crippen molar-refractivity contribution in [3.63, 3.8) is 0 Å². The van der Waals surface area contributed by atoms with E-state index in [1.807, 2.05) is 12.1 Å². The third-order valence-electron chi connectivity index (χ3n) is 2.47. The fourth-order valence-electron chi connectivity index (χ4n) is 1.49. The van der Waals surface area contributed by atoms with E-state index in [1.165, 1.54) is 14.2 Å². The topological polar surface area (TPSA) is 47.6 Å². The summed E-state index contributed by atoms with van der Waals surface area (Å²) in [6.45, 7) is 3.06. The van der Waals surface area contributed by atoms with Gasteiger partial charge in [0.05, 0.1) is 14.2 Å². The van der Waals surface area contributed by atoms with Crippen molar-refractivity contribution >= 4 is 11.7 Å². The van der Waals surface area contributed by atoms with Gasteiger partial charge in [-0.05, 0) is 18.6 Å². The largest absolute Gasteiger partial charge is 0.496 e. The molecule has 4 heteroatoms. The van der Waals surface area contributed by atoms with Crippen LogP contribution in [0.15, 0.2) is 18.2 Å². The SMILES string of the molecule is CCCCNc1ccc(C(=O)OC)c(OC)c1. The molecule has 0 bridgehead atoms. The first-order valence-electron chi connectivity index (χ1n) is 5.73. The lowest BCUT2D eigenvalue weighted by Gasteiger charge is -2.10. The van der Waals surface area contributed by atoms with Crippen LogP contribution in [-0.2, 0) is 4.74 Å². The van der Waals surface area contributed by atoms with Crippen LogP contribution in [0.4, 0.5) is 5.69 Å². The molecular weight excluding hydrogens is 218 g/mol. The molecule has 0 unspecified atom stereocenters. The number of benzene rings is 1. The fourth-order valence-corrected chi connectivity index (χ4v) is 1.49. The summed E-state index contributed by atoms with van der Waals surface area (Å²) >= 11 is 0. The molecule has 0 aliphatic carbocycles. The Balaban J connectivity index is 2.81. The van der Waals surface area contributed by atoms with Crippen LogP contribution in [0.5, 0.6) is 5.75 Å². The van der Waals surface area contributed by atoms with Gasteiger partial charge in [0.1, 0.15) is 11.3 Å². The molecule has 0 saturated heterocycles. The number of nitrogens with one attached hydrogen (secondary N) is 1. The molecule has 0 aromatic heterocycles. The first kappa shape index (κ1) is 13.4. The summed E-state index contributed by atoms with van der Waals surface area (Å²) in [7, 11) is 2.90. The van der Waals surface area contributed by atoms with Crippen molar-refractivity contribution in [1.82, 2.24) is 0 Å². The Morgan fingerprint density at radius 2 is 2.12 bits per heavy atom. The molecule has 0 heterocycles. The molecule has 0 spiro atoms. The van der Waals surface area contributed by atoms with Gasteiger partial charge in [-0.3, -0.25) is 0 Å². The van der Waals surface area contributed by atoms with E-state index >= 15 is 0 Å². The second-order valence-corrected chi connectivity index (χ2v) is 3.69. The molecular formula is C13H19NO3. The van der Waals surface area contributed by atoms with E-state index in [0.29, 0.717) is 11.3 Å². The zero-order valence-corrected chi connectivity index (χ0v) is 10.6. The Labute approximate surface area is 102 Å². The van der Waals surface area contributed by atoms with Gasteiger partial charge in [0.2, 0.25) is 0 Å². The molecule has 94 valence electrons. The van der Waals surface area contributed by atoms with E-state index in [2.05, 4.69) is 17.0 Å². The molecule has 1 aromatic rings. The number of unbranched alkanes of at least 4 members (excludes halogenated alkanes) is 1. The average molecular weight is 237 g/mol. The van der Waals surface area contributed by atoms with E-state index in [9.17, 15) is 4.79 Å². The predicted octanol–water partition coefficient (Wildman–Crippen LogP) is 2.69. The lowest BCUT2D eigenvalue weighted by Crippen LogP contribution is -2.06. The highest BCUT2D eigenvalue weighted by atomic mass is 16.5. The van der Waals surface area contributed by atoms with Crippen molar-refractivity contribution in [2.24, 2.45) is 0 Å². The van der Waals surface area contributed by atoms with E-state index in [1.54, 1.807) is 6.07 Å². The second kappa shape index (κ2) is 6.78. The summed E-state index contributed by atoms with van der Waals surface area (Å²) < 4.78 is 9.85. The highest BCUT2D eigenvalue weighted by Gasteiger charge is 2.12. The second-order valence-electron chi connectivity index (χ2n) is 3.69. The van der Waals surface area contributed by atoms with Crippen molar-refractivity contribution < 1.29 is 14.3 Å². The van der Waals surface area contributed by atoms with Crippen LogP contribution < -0.4 is 10.1 Å². The number of ether oxygens (including phenoxy) is 2. The number of carbonyl (C=O) groups excluding carboxylic acids is 1. The van der Waals surface area contributed by atoms with Crippen LogP contribution in [0.1, 0.15) is 30.1 Å². The summed E-state index contributed by atoms with van der Waals surface area (Å²) in [5.41, 5.74) is 1.39. The summed E-state index contributed by atoms with van der Waals surface area (Å²) in [6.07, 6.45) is 2.26. The summed E-state index contributed by atoms with van der Waals surface area (Å²) in [5.74, 6) is 0.139. The molecule has 0 aliphatic heterocycles. The van der Waals surface area contributed by atoms with E-state index in [4.69, 9.17) is 4.74 Å². The minimum Gasteiger partial charge on any atom is -0.496 e. The van der Waals surface area contributed by atoms with Gasteiger partial charge in [0, 0.05) is 18.3 Å². The quantitative estimate of drug-likeness (QED) is 0.610. The molecule has 17 heavy (non-hydrogen) atoms. The molecule has 1 rings (SSSR count). The Morgan fingerprint density at radius 1 is 1.35 bits per heavy atom. The van der Waals surface area contributed by atoms with E-state index in [-0.39, 0.29) is 5.97 Å². The van der Waals surface area contributed by atoms with Crippen molar-refractivity contribution in [3.05, 3.63) is 23.8 Å². The zero-order chi connectivity index (χ0) is 12.7. The van der Waals surface area contributed by atoms with Crippen molar-refractivity contribution in [3.8, 4) is 5.75 Å². The van der Waals surface area contributed by atoms with Crippen molar-refractivity contribution in [2.75, 3.05) is 26.1 Å². The zero-order valence-electron chi connectivity index (χ0n) is 10.6. The van der Waals surface area contributed by atoms with Crippen LogP contribution in [0.3, 0.4) is 0 Å². The minimum absolute atomic E-state index is 0.387. The van der Waals surface area contributed by atoms with Crippen LogP contribution in [0.25, 0.3) is 0 Å². The van der Waals surface area contributed by atoms with Gasteiger partial charge in [0.25, 0.3) is 0 Å². The van der Waals surface area contributed by atoms with E-state index in [0.717, 1.165) is 25.1 Å². The third kappa shape index (κ3) is 3.66. The Morgan fingerprint density at radius 3 is 2.71 bits per heavy atom. The first-order chi connectivity index (χ1) is 8.22. The van der Waals surface area contributed by atoms with Gasteiger partial charge >= 0.3 is 5.97 Å². The van der Waals surface area contributed by atoms with Crippen LogP contribution in [0.2, 0.25) is 0 Å². The molecule has 4 nitrogen and oxygen atoms in total. The molecule has 0 amide bonds. The first-order valence-corrected chi connectivity index (χ1v) is 5.73. The third-order valence-corrected chi connectivity index (χ3v) is 2.47.